The third-order valence-corrected chi connectivity index (χ3v) is 0.949. The molecule has 0 aromatic heterocycles. The molecule has 0 rings (SSSR count). The molecule has 0 saturated heterocycles. The van der Waals surface area contributed by atoms with Crippen LogP contribution in [0.25, 0.3) is 0 Å². The summed E-state index contributed by atoms with van der Waals surface area (Å²) in [6, 6.07) is 0. The van der Waals surface area contributed by atoms with E-state index in [2.05, 4.69) is 27.6 Å². The van der Waals surface area contributed by atoms with Crippen molar-refractivity contribution in [3.63, 3.8) is 0 Å². The summed E-state index contributed by atoms with van der Waals surface area (Å²) < 4.78 is 3.19. The molecule has 0 bridgehead atoms. The van der Waals surface area contributed by atoms with E-state index >= 15 is 0 Å². The number of hydrogen-bond donors (Lipinski definition) is 2. The van der Waals surface area contributed by atoms with E-state index in [-0.39, 0.29) is 42.6 Å². The van der Waals surface area contributed by atoms with Crippen LogP contribution in [0.15, 0.2) is 0 Å². The van der Waals surface area contributed by atoms with Gasteiger partial charge in [-0.1, -0.05) is 41.5 Å². The zero-order valence-corrected chi connectivity index (χ0v) is 13.8. The SMILES string of the molecule is CC(C)(C)CO.CC(C)(C)CO.ClOCl.[V]. The van der Waals surface area contributed by atoms with Gasteiger partial charge in [-0.25, -0.2) is 0 Å². The number of aliphatic hydroxyl groups excluding tert-OH is 2. The molecule has 0 fully saturated rings. The summed E-state index contributed by atoms with van der Waals surface area (Å²) in [4.78, 5) is 0. The van der Waals surface area contributed by atoms with Gasteiger partial charge >= 0.3 is 0 Å². The first-order valence-electron chi connectivity index (χ1n) is 4.65. The van der Waals surface area contributed by atoms with Crippen molar-refractivity contribution in [3.8, 4) is 0 Å². The minimum Gasteiger partial charge on any atom is -0.396 e. The Morgan fingerprint density at radius 3 is 0.875 bits per heavy atom. The molecule has 0 aromatic rings. The van der Waals surface area contributed by atoms with Crippen molar-refractivity contribution in [1.82, 2.24) is 0 Å². The first-order chi connectivity index (χ1) is 6.54. The van der Waals surface area contributed by atoms with Crippen LogP contribution in [0.3, 0.4) is 0 Å². The average molecular weight is 314 g/mol. The van der Waals surface area contributed by atoms with Crippen LogP contribution in [0.4, 0.5) is 0 Å². The molecule has 0 aliphatic heterocycles. The zero-order chi connectivity index (χ0) is 13.1. The molecule has 6 heteroatoms. The third kappa shape index (κ3) is 59.8. The largest absolute Gasteiger partial charge is 0.396 e. The first kappa shape index (κ1) is 25.8. The van der Waals surface area contributed by atoms with E-state index in [0.29, 0.717) is 0 Å². The van der Waals surface area contributed by atoms with Gasteiger partial charge in [0.05, 0.1) is 23.7 Å². The van der Waals surface area contributed by atoms with Crippen molar-refractivity contribution in [2.45, 2.75) is 41.5 Å². The van der Waals surface area contributed by atoms with Crippen molar-refractivity contribution >= 4 is 23.7 Å². The minimum absolute atomic E-state index is 0. The van der Waals surface area contributed by atoms with Gasteiger partial charge in [0.1, 0.15) is 0 Å². The molecule has 0 unspecified atom stereocenters. The maximum atomic E-state index is 8.40. The number of aliphatic hydroxyl groups is 2. The summed E-state index contributed by atoms with van der Waals surface area (Å²) in [6.45, 7) is 12.5. The molecule has 0 aliphatic rings. The van der Waals surface area contributed by atoms with E-state index in [1.54, 1.807) is 0 Å². The van der Waals surface area contributed by atoms with Crippen LogP contribution in [0.2, 0.25) is 0 Å². The molecule has 0 saturated carbocycles. The normalized spacial score (nSPS) is 10.1. The Morgan fingerprint density at radius 1 is 0.812 bits per heavy atom. The van der Waals surface area contributed by atoms with Crippen molar-refractivity contribution in [3.05, 3.63) is 0 Å². The molecule has 0 spiro atoms. The van der Waals surface area contributed by atoms with Crippen molar-refractivity contribution in [2.24, 2.45) is 10.8 Å². The molecule has 0 heterocycles. The summed E-state index contributed by atoms with van der Waals surface area (Å²) >= 11 is 8.53. The predicted molar refractivity (Wildman–Crippen MR) is 65.9 cm³/mol. The van der Waals surface area contributed by atoms with Gasteiger partial charge in [0.2, 0.25) is 0 Å². The second kappa shape index (κ2) is 14.1. The molecule has 16 heavy (non-hydrogen) atoms. The Kier molecular flexibility index (Phi) is 22.7. The molecule has 101 valence electrons. The summed E-state index contributed by atoms with van der Waals surface area (Å²) in [6.07, 6.45) is 0. The van der Waals surface area contributed by atoms with Gasteiger partial charge in [0.15, 0.2) is 0 Å². The van der Waals surface area contributed by atoms with Crippen LogP contribution in [-0.2, 0) is 22.4 Å². The van der Waals surface area contributed by atoms with Gasteiger partial charge in [-0.2, -0.15) is 3.84 Å². The van der Waals surface area contributed by atoms with Gasteiger partial charge in [-0.05, 0) is 10.8 Å². The van der Waals surface area contributed by atoms with Crippen LogP contribution in [0.1, 0.15) is 41.5 Å². The Hall–Kier alpha value is 1.04. The van der Waals surface area contributed by atoms with Crippen LogP contribution in [-0.4, -0.2) is 23.4 Å². The van der Waals surface area contributed by atoms with Crippen LogP contribution in [0.5, 0.6) is 0 Å². The fraction of sp³-hybridized carbons (Fsp3) is 1.00. The van der Waals surface area contributed by atoms with E-state index in [9.17, 15) is 0 Å². The second-order valence-corrected chi connectivity index (χ2v) is 5.96. The summed E-state index contributed by atoms with van der Waals surface area (Å²) in [5.41, 5.74) is 0.194. The molecule has 0 aromatic carbocycles. The Bertz CT molecular complexity index is 108. The number of rotatable bonds is 0. The van der Waals surface area contributed by atoms with Gasteiger partial charge in [0, 0.05) is 31.8 Å². The summed E-state index contributed by atoms with van der Waals surface area (Å²) in [5.74, 6) is 0. The number of hydrogen-bond acceptors (Lipinski definition) is 3. The fourth-order valence-electron chi connectivity index (χ4n) is 0. The van der Waals surface area contributed by atoms with Gasteiger partial charge < -0.3 is 10.2 Å². The van der Waals surface area contributed by atoms with E-state index in [1.807, 2.05) is 41.5 Å². The Balaban J connectivity index is -0.0000000692. The topological polar surface area (TPSA) is 49.7 Å². The Labute approximate surface area is 122 Å². The van der Waals surface area contributed by atoms with E-state index < -0.39 is 0 Å². The first-order valence-corrected chi connectivity index (χ1v) is 5.27. The molecule has 0 atom stereocenters. The van der Waals surface area contributed by atoms with Gasteiger partial charge in [-0.3, -0.25) is 0 Å². The maximum Gasteiger partial charge on any atom is 0.0832 e. The molecule has 0 aliphatic carbocycles. The predicted octanol–water partition coefficient (Wildman–Crippen LogP) is 3.36. The fourth-order valence-corrected chi connectivity index (χ4v) is 0. The molecular formula is C10H24Cl2O3V. The number of halogens is 2. The molecule has 1 radical (unpaired) electrons. The van der Waals surface area contributed by atoms with Crippen LogP contribution < -0.4 is 0 Å². The second-order valence-electron chi connectivity index (χ2n) is 5.50. The monoisotopic (exact) mass is 313 g/mol. The van der Waals surface area contributed by atoms with E-state index in [0.717, 1.165) is 0 Å². The standard InChI is InChI=1S/2C5H12O.Cl2O.V/c2*1-5(2,3)4-6;1-3-2;/h2*6H,4H2,1-3H3;;. The smallest absolute Gasteiger partial charge is 0.0832 e. The quantitative estimate of drug-likeness (QED) is 0.721. The average Bonchev–Trinajstić information content (AvgIpc) is 2.04. The third-order valence-electron chi connectivity index (χ3n) is 0.949. The van der Waals surface area contributed by atoms with E-state index in [4.69, 9.17) is 10.2 Å². The molecule has 0 amide bonds. The summed E-state index contributed by atoms with van der Waals surface area (Å²) in [5, 5.41) is 16.8. The zero-order valence-electron chi connectivity index (χ0n) is 10.9. The van der Waals surface area contributed by atoms with Crippen molar-refractivity contribution < 1.29 is 32.6 Å². The van der Waals surface area contributed by atoms with E-state index in [1.165, 1.54) is 0 Å². The molecular weight excluding hydrogens is 290 g/mol. The molecule has 2 N–H and O–H groups in total. The van der Waals surface area contributed by atoms with Crippen LogP contribution >= 0.6 is 23.7 Å². The van der Waals surface area contributed by atoms with Gasteiger partial charge in [-0.15, -0.1) is 0 Å². The van der Waals surface area contributed by atoms with Gasteiger partial charge in [0.25, 0.3) is 0 Å². The Morgan fingerprint density at radius 2 is 0.875 bits per heavy atom. The summed E-state index contributed by atoms with van der Waals surface area (Å²) in [7, 11) is 0. The van der Waals surface area contributed by atoms with Crippen molar-refractivity contribution in [1.29, 1.82) is 0 Å². The maximum absolute atomic E-state index is 8.40. The molecule has 3 nitrogen and oxygen atoms in total. The van der Waals surface area contributed by atoms with Crippen LogP contribution in [0, 0.1) is 10.8 Å². The van der Waals surface area contributed by atoms with Crippen molar-refractivity contribution in [2.75, 3.05) is 13.2 Å². The minimum atomic E-state index is 0.